The third-order valence-corrected chi connectivity index (χ3v) is 6.09. The Balaban J connectivity index is 1.46. The number of hydrogen-bond donors (Lipinski definition) is 1. The maximum Gasteiger partial charge on any atom is 0.279 e. The van der Waals surface area contributed by atoms with Crippen molar-refractivity contribution < 1.29 is 14.1 Å². The second-order valence-electron chi connectivity index (χ2n) is 6.44. The van der Waals surface area contributed by atoms with E-state index in [0.717, 1.165) is 40.6 Å². The molecule has 2 amide bonds. The zero-order valence-electron chi connectivity index (χ0n) is 15.4. The molecule has 1 N–H and O–H groups in total. The van der Waals surface area contributed by atoms with Crippen LogP contribution in [0.15, 0.2) is 10.6 Å². The average Bonchev–Trinajstić information content (AvgIpc) is 3.40. The topological polar surface area (TPSA) is 114 Å². The third kappa shape index (κ3) is 3.67. The van der Waals surface area contributed by atoms with Crippen LogP contribution < -0.4 is 5.32 Å². The van der Waals surface area contributed by atoms with Crippen LogP contribution in [0.5, 0.6) is 0 Å². The molecule has 4 rings (SSSR count). The molecule has 0 fully saturated rings. The van der Waals surface area contributed by atoms with Crippen molar-refractivity contribution in [1.29, 1.82) is 0 Å². The molecule has 0 aliphatic carbocycles. The molecule has 3 aromatic rings. The maximum absolute atomic E-state index is 12.9. The van der Waals surface area contributed by atoms with Gasteiger partial charge in [0.15, 0.2) is 10.8 Å². The van der Waals surface area contributed by atoms with Crippen LogP contribution in [0, 0.1) is 6.92 Å². The molecule has 9 nitrogen and oxygen atoms in total. The lowest BCUT2D eigenvalue weighted by atomic mass is 10.1. The monoisotopic (exact) mass is 418 g/mol. The Kier molecular flexibility index (Phi) is 5.18. The number of carbonyl (C=O) groups is 2. The van der Waals surface area contributed by atoms with Crippen LogP contribution in [0.4, 0.5) is 5.13 Å². The van der Waals surface area contributed by atoms with Crippen LogP contribution in [0.1, 0.15) is 55.5 Å². The van der Waals surface area contributed by atoms with Gasteiger partial charge in [-0.15, -0.1) is 5.10 Å². The lowest BCUT2D eigenvalue weighted by Crippen LogP contribution is -2.35. The van der Waals surface area contributed by atoms with Crippen molar-refractivity contribution >= 4 is 39.8 Å². The van der Waals surface area contributed by atoms with E-state index < -0.39 is 0 Å². The van der Waals surface area contributed by atoms with Crippen LogP contribution in [0.2, 0.25) is 0 Å². The number of carbonyl (C=O) groups excluding carboxylic acids is 2. The van der Waals surface area contributed by atoms with Gasteiger partial charge in [0.25, 0.3) is 11.8 Å². The standard InChI is InChI=1S/C17H18N6O3S2/c1-3-4-11-14(28-22-20-11)16(25)23-6-5-10-13(8-23)27-17(18-10)19-15(24)12-7-9(2)26-21-12/h7H,3-6,8H2,1-2H3,(H,18,19,24). The van der Waals surface area contributed by atoms with Crippen LogP contribution in [0.3, 0.4) is 0 Å². The fraction of sp³-hybridized carbons (Fsp3) is 0.412. The number of thiazole rings is 1. The van der Waals surface area contributed by atoms with E-state index in [0.29, 0.717) is 35.3 Å². The highest BCUT2D eigenvalue weighted by Gasteiger charge is 2.28. The minimum absolute atomic E-state index is 0.0406. The Hall–Kier alpha value is -2.66. The van der Waals surface area contributed by atoms with Crippen molar-refractivity contribution in [2.75, 3.05) is 11.9 Å². The predicted molar refractivity (Wildman–Crippen MR) is 104 cm³/mol. The summed E-state index contributed by atoms with van der Waals surface area (Å²) in [4.78, 5) is 33.0. The van der Waals surface area contributed by atoms with Crippen molar-refractivity contribution in [2.45, 2.75) is 39.7 Å². The molecule has 0 radical (unpaired) electrons. The summed E-state index contributed by atoms with van der Waals surface area (Å²) < 4.78 is 8.87. The summed E-state index contributed by atoms with van der Waals surface area (Å²) in [6.07, 6.45) is 2.31. The smallest absolute Gasteiger partial charge is 0.279 e. The van der Waals surface area contributed by atoms with Gasteiger partial charge in [0.1, 0.15) is 10.6 Å². The molecule has 0 aromatic carbocycles. The summed E-state index contributed by atoms with van der Waals surface area (Å²) in [5.74, 6) is 0.162. The molecule has 28 heavy (non-hydrogen) atoms. The van der Waals surface area contributed by atoms with Crippen LogP contribution in [0.25, 0.3) is 0 Å². The molecular weight excluding hydrogens is 400 g/mol. The maximum atomic E-state index is 12.9. The minimum Gasteiger partial charge on any atom is -0.361 e. The molecule has 0 bridgehead atoms. The van der Waals surface area contributed by atoms with Gasteiger partial charge in [-0.05, 0) is 24.9 Å². The number of nitrogens with zero attached hydrogens (tertiary/aromatic N) is 5. The number of hydrogen-bond acceptors (Lipinski definition) is 9. The van der Waals surface area contributed by atoms with Gasteiger partial charge in [-0.3, -0.25) is 14.9 Å². The highest BCUT2D eigenvalue weighted by atomic mass is 32.1. The second kappa shape index (κ2) is 7.76. The molecule has 0 saturated heterocycles. The van der Waals surface area contributed by atoms with Crippen LogP contribution in [-0.2, 0) is 19.4 Å². The van der Waals surface area contributed by atoms with Gasteiger partial charge in [0.05, 0.1) is 17.9 Å². The highest BCUT2D eigenvalue weighted by molar-refractivity contribution is 7.16. The first-order chi connectivity index (χ1) is 13.5. The Labute approximate surface area is 168 Å². The highest BCUT2D eigenvalue weighted by Crippen LogP contribution is 2.30. The molecule has 11 heteroatoms. The number of amides is 2. The zero-order chi connectivity index (χ0) is 19.7. The first kappa shape index (κ1) is 18.7. The van der Waals surface area contributed by atoms with E-state index in [1.165, 1.54) is 11.3 Å². The summed E-state index contributed by atoms with van der Waals surface area (Å²) in [6, 6.07) is 1.57. The average molecular weight is 419 g/mol. The second-order valence-corrected chi connectivity index (χ2v) is 8.28. The van der Waals surface area contributed by atoms with E-state index in [4.69, 9.17) is 4.52 Å². The van der Waals surface area contributed by atoms with Crippen LogP contribution >= 0.6 is 22.9 Å². The number of fused-ring (bicyclic) bond motifs is 1. The largest absolute Gasteiger partial charge is 0.361 e. The van der Waals surface area contributed by atoms with E-state index in [1.807, 2.05) is 6.92 Å². The number of anilines is 1. The van der Waals surface area contributed by atoms with Crippen molar-refractivity contribution in [1.82, 2.24) is 24.6 Å². The van der Waals surface area contributed by atoms with Crippen molar-refractivity contribution in [3.8, 4) is 0 Å². The molecule has 3 aromatic heterocycles. The summed E-state index contributed by atoms with van der Waals surface area (Å²) in [7, 11) is 0. The molecule has 0 unspecified atom stereocenters. The first-order valence-corrected chi connectivity index (χ1v) is 10.5. The van der Waals surface area contributed by atoms with Gasteiger partial charge in [0.2, 0.25) is 0 Å². The summed E-state index contributed by atoms with van der Waals surface area (Å²) in [6.45, 7) is 4.82. The van der Waals surface area contributed by atoms with Gasteiger partial charge in [-0.1, -0.05) is 34.3 Å². The van der Waals surface area contributed by atoms with E-state index in [-0.39, 0.29) is 17.5 Å². The van der Waals surface area contributed by atoms with E-state index in [9.17, 15) is 9.59 Å². The fourth-order valence-electron chi connectivity index (χ4n) is 2.97. The number of rotatable bonds is 5. The van der Waals surface area contributed by atoms with Gasteiger partial charge < -0.3 is 9.42 Å². The molecule has 4 heterocycles. The minimum atomic E-state index is -0.365. The van der Waals surface area contributed by atoms with Gasteiger partial charge >= 0.3 is 0 Å². The van der Waals surface area contributed by atoms with E-state index in [2.05, 4.69) is 25.0 Å². The van der Waals surface area contributed by atoms with Gasteiger partial charge in [-0.2, -0.15) is 0 Å². The Bertz CT molecular complexity index is 1020. The molecule has 1 aliphatic rings. The van der Waals surface area contributed by atoms with Gasteiger partial charge in [0, 0.05) is 23.9 Å². The van der Waals surface area contributed by atoms with Crippen molar-refractivity contribution in [3.63, 3.8) is 0 Å². The summed E-state index contributed by atoms with van der Waals surface area (Å²) in [5.41, 5.74) is 1.89. The molecule has 146 valence electrons. The normalized spacial score (nSPS) is 13.4. The van der Waals surface area contributed by atoms with Crippen molar-refractivity contribution in [2.24, 2.45) is 0 Å². The Morgan fingerprint density at radius 3 is 3.00 bits per heavy atom. The Morgan fingerprint density at radius 2 is 2.25 bits per heavy atom. The quantitative estimate of drug-likeness (QED) is 0.677. The summed E-state index contributed by atoms with van der Waals surface area (Å²) in [5, 5.41) is 11.0. The molecular formula is C17H18N6O3S2. The molecule has 0 saturated carbocycles. The zero-order valence-corrected chi connectivity index (χ0v) is 17.0. The number of aromatic nitrogens is 4. The van der Waals surface area contributed by atoms with Gasteiger partial charge in [-0.25, -0.2) is 4.98 Å². The van der Waals surface area contributed by atoms with E-state index in [1.54, 1.807) is 17.9 Å². The van der Waals surface area contributed by atoms with Crippen LogP contribution in [-0.4, -0.2) is 43.0 Å². The predicted octanol–water partition coefficient (Wildman–Crippen LogP) is 2.69. The Morgan fingerprint density at radius 1 is 1.39 bits per heavy atom. The molecule has 1 aliphatic heterocycles. The molecule has 0 atom stereocenters. The van der Waals surface area contributed by atoms with Crippen molar-refractivity contribution in [3.05, 3.63) is 38.7 Å². The lowest BCUT2D eigenvalue weighted by Gasteiger charge is -2.25. The third-order valence-electron chi connectivity index (χ3n) is 4.34. The first-order valence-electron chi connectivity index (χ1n) is 8.89. The number of aryl methyl sites for hydroxylation is 2. The van der Waals surface area contributed by atoms with E-state index >= 15 is 0 Å². The number of nitrogens with one attached hydrogen (secondary N) is 1. The lowest BCUT2D eigenvalue weighted by molar-refractivity contribution is 0.0739. The fourth-order valence-corrected chi connectivity index (χ4v) is 4.67. The molecule has 0 spiro atoms. The summed E-state index contributed by atoms with van der Waals surface area (Å²) >= 11 is 2.52. The SMILES string of the molecule is CCCc1nnsc1C(=O)N1CCc2nc(NC(=O)c3cc(C)on3)sc2C1.